The van der Waals surface area contributed by atoms with Gasteiger partial charge in [-0.05, 0) is 0 Å². The Labute approximate surface area is 84.6 Å². The zero-order valence-corrected chi connectivity index (χ0v) is 7.75. The van der Waals surface area contributed by atoms with Crippen LogP contribution in [0.1, 0.15) is 18.1 Å². The molecule has 0 saturated carbocycles. The first kappa shape index (κ1) is 11.3. The van der Waals surface area contributed by atoms with Gasteiger partial charge in [-0.25, -0.2) is 9.78 Å². The number of hydrogen-bond donors (Lipinski definition) is 4. The second kappa shape index (κ2) is 4.67. The van der Waals surface area contributed by atoms with Crippen molar-refractivity contribution in [1.29, 1.82) is 0 Å². The van der Waals surface area contributed by atoms with Crippen molar-refractivity contribution in [2.45, 2.75) is 18.6 Å². The summed E-state index contributed by atoms with van der Waals surface area (Å²) < 4.78 is 0. The standard InChI is InChI=1S/C8H11N3O4/c9-6(13)1-5(12)7(14)4-2-10-8(15)11-3-4/h2-3,5,7,12,14H,1H2,(H2,9,13)(H,10,11,15). The van der Waals surface area contributed by atoms with E-state index in [9.17, 15) is 19.8 Å². The van der Waals surface area contributed by atoms with Gasteiger partial charge < -0.3 is 20.9 Å². The van der Waals surface area contributed by atoms with E-state index in [2.05, 4.69) is 9.97 Å². The molecule has 0 aliphatic heterocycles. The van der Waals surface area contributed by atoms with E-state index in [1.54, 1.807) is 0 Å². The van der Waals surface area contributed by atoms with Crippen molar-refractivity contribution in [3.8, 4) is 0 Å². The van der Waals surface area contributed by atoms with Gasteiger partial charge in [0.05, 0.1) is 12.5 Å². The summed E-state index contributed by atoms with van der Waals surface area (Å²) in [4.78, 5) is 26.7. The molecule has 1 rings (SSSR count). The van der Waals surface area contributed by atoms with E-state index in [1.807, 2.05) is 0 Å². The number of aliphatic hydroxyl groups is 2. The Morgan fingerprint density at radius 1 is 1.60 bits per heavy atom. The number of nitrogens with zero attached hydrogens (tertiary/aromatic N) is 1. The second-order valence-corrected chi connectivity index (χ2v) is 3.03. The van der Waals surface area contributed by atoms with E-state index < -0.39 is 23.8 Å². The van der Waals surface area contributed by atoms with Gasteiger partial charge in [0.25, 0.3) is 0 Å². The fourth-order valence-corrected chi connectivity index (χ4v) is 1.05. The highest BCUT2D eigenvalue weighted by atomic mass is 16.3. The van der Waals surface area contributed by atoms with Gasteiger partial charge in [0.15, 0.2) is 0 Å². The molecule has 0 spiro atoms. The quantitative estimate of drug-likeness (QED) is 0.461. The first-order valence-corrected chi connectivity index (χ1v) is 4.19. The molecule has 1 aromatic heterocycles. The number of H-pyrrole nitrogens is 1. The van der Waals surface area contributed by atoms with Gasteiger partial charge in [-0.15, -0.1) is 0 Å². The lowest BCUT2D eigenvalue weighted by molar-refractivity contribution is -0.121. The van der Waals surface area contributed by atoms with Gasteiger partial charge in [-0.3, -0.25) is 4.79 Å². The molecule has 2 unspecified atom stereocenters. The molecule has 7 nitrogen and oxygen atoms in total. The molecule has 1 heterocycles. The molecule has 7 heteroatoms. The summed E-state index contributed by atoms with van der Waals surface area (Å²) in [7, 11) is 0. The SMILES string of the molecule is NC(=O)CC(O)C(O)c1cnc(=O)[nH]c1. The molecule has 1 aromatic rings. The second-order valence-electron chi connectivity index (χ2n) is 3.03. The van der Waals surface area contributed by atoms with E-state index in [0.717, 1.165) is 6.20 Å². The molecule has 0 radical (unpaired) electrons. The van der Waals surface area contributed by atoms with Gasteiger partial charge in [-0.2, -0.15) is 0 Å². The lowest BCUT2D eigenvalue weighted by Gasteiger charge is -2.15. The number of aromatic nitrogens is 2. The number of carbonyl (C=O) groups excluding carboxylic acids is 1. The number of hydrogen-bond acceptors (Lipinski definition) is 5. The fourth-order valence-electron chi connectivity index (χ4n) is 1.05. The van der Waals surface area contributed by atoms with Gasteiger partial charge in [0.2, 0.25) is 5.91 Å². The molecule has 0 aromatic carbocycles. The van der Waals surface area contributed by atoms with Crippen LogP contribution in [0.2, 0.25) is 0 Å². The number of carbonyl (C=O) groups is 1. The minimum atomic E-state index is -1.31. The van der Waals surface area contributed by atoms with Crippen LogP contribution in [0.25, 0.3) is 0 Å². The Hall–Kier alpha value is -1.73. The minimum absolute atomic E-state index is 0.211. The van der Waals surface area contributed by atoms with Gasteiger partial charge >= 0.3 is 5.69 Å². The normalized spacial score (nSPS) is 14.5. The van der Waals surface area contributed by atoms with Crippen molar-refractivity contribution >= 4 is 5.91 Å². The summed E-state index contributed by atoms with van der Waals surface area (Å²) in [6, 6.07) is 0. The molecule has 0 fully saturated rings. The Balaban J connectivity index is 2.75. The molecular formula is C8H11N3O4. The van der Waals surface area contributed by atoms with Gasteiger partial charge in [0, 0.05) is 18.0 Å². The van der Waals surface area contributed by atoms with Gasteiger partial charge in [-0.1, -0.05) is 0 Å². The molecule has 15 heavy (non-hydrogen) atoms. The van der Waals surface area contributed by atoms with Crippen LogP contribution in [-0.4, -0.2) is 32.2 Å². The molecular weight excluding hydrogens is 202 g/mol. The van der Waals surface area contributed by atoms with Crippen LogP contribution in [-0.2, 0) is 4.79 Å². The highest BCUT2D eigenvalue weighted by molar-refractivity contribution is 5.74. The summed E-state index contributed by atoms with van der Waals surface area (Å²) in [5.41, 5.74) is 4.50. The summed E-state index contributed by atoms with van der Waals surface area (Å²) in [6.45, 7) is 0. The third-order valence-electron chi connectivity index (χ3n) is 1.81. The lowest BCUT2D eigenvalue weighted by Crippen LogP contribution is -2.26. The number of primary amides is 1. The van der Waals surface area contributed by atoms with Crippen molar-refractivity contribution in [3.63, 3.8) is 0 Å². The predicted octanol–water partition coefficient (Wildman–Crippen LogP) is -1.96. The summed E-state index contributed by atoms with van der Waals surface area (Å²) in [6.07, 6.45) is -0.643. The molecule has 0 aliphatic rings. The monoisotopic (exact) mass is 213 g/mol. The molecule has 1 amide bonds. The number of rotatable bonds is 4. The van der Waals surface area contributed by atoms with Crippen molar-refractivity contribution in [2.75, 3.05) is 0 Å². The van der Waals surface area contributed by atoms with Gasteiger partial charge in [0.1, 0.15) is 6.10 Å². The first-order chi connectivity index (χ1) is 7.00. The number of aliphatic hydroxyl groups excluding tert-OH is 2. The highest BCUT2D eigenvalue weighted by Crippen LogP contribution is 2.15. The van der Waals surface area contributed by atoms with Crippen molar-refractivity contribution in [1.82, 2.24) is 9.97 Å². The molecule has 0 aliphatic carbocycles. The topological polar surface area (TPSA) is 129 Å². The minimum Gasteiger partial charge on any atom is -0.390 e. The molecule has 2 atom stereocenters. The number of nitrogens with two attached hydrogens (primary N) is 1. The Morgan fingerprint density at radius 2 is 2.27 bits per heavy atom. The maximum Gasteiger partial charge on any atom is 0.344 e. The van der Waals surface area contributed by atoms with E-state index in [1.165, 1.54) is 6.20 Å². The number of amides is 1. The van der Waals surface area contributed by atoms with Crippen LogP contribution in [0.15, 0.2) is 17.2 Å². The number of nitrogens with one attached hydrogen (secondary N) is 1. The summed E-state index contributed by atoms with van der Waals surface area (Å²) in [5, 5.41) is 18.8. The smallest absolute Gasteiger partial charge is 0.344 e. The summed E-state index contributed by atoms with van der Waals surface area (Å²) >= 11 is 0. The largest absolute Gasteiger partial charge is 0.390 e. The van der Waals surface area contributed by atoms with Crippen molar-refractivity contribution < 1.29 is 15.0 Å². The van der Waals surface area contributed by atoms with Crippen LogP contribution in [0, 0.1) is 0 Å². The van der Waals surface area contributed by atoms with E-state index in [0.29, 0.717) is 0 Å². The third kappa shape index (κ3) is 3.15. The average Bonchev–Trinajstić information content (AvgIpc) is 2.17. The molecule has 0 bridgehead atoms. The first-order valence-electron chi connectivity index (χ1n) is 4.19. The average molecular weight is 213 g/mol. The van der Waals surface area contributed by atoms with E-state index in [-0.39, 0.29) is 12.0 Å². The van der Waals surface area contributed by atoms with E-state index >= 15 is 0 Å². The fraction of sp³-hybridized carbons (Fsp3) is 0.375. The van der Waals surface area contributed by atoms with E-state index in [4.69, 9.17) is 5.73 Å². The van der Waals surface area contributed by atoms with Crippen LogP contribution < -0.4 is 11.4 Å². The summed E-state index contributed by atoms with van der Waals surface area (Å²) in [5.74, 6) is -0.723. The predicted molar refractivity (Wildman–Crippen MR) is 49.6 cm³/mol. The Bertz CT molecular complexity index is 383. The Kier molecular flexibility index (Phi) is 3.53. The van der Waals surface area contributed by atoms with Crippen LogP contribution >= 0.6 is 0 Å². The lowest BCUT2D eigenvalue weighted by atomic mass is 10.1. The maximum atomic E-state index is 10.6. The molecule has 5 N–H and O–H groups in total. The van der Waals surface area contributed by atoms with Crippen molar-refractivity contribution in [3.05, 3.63) is 28.4 Å². The highest BCUT2D eigenvalue weighted by Gasteiger charge is 2.20. The number of aromatic amines is 1. The molecule has 0 saturated heterocycles. The third-order valence-corrected chi connectivity index (χ3v) is 1.81. The van der Waals surface area contributed by atoms with Crippen LogP contribution in [0.5, 0.6) is 0 Å². The van der Waals surface area contributed by atoms with Crippen LogP contribution in [0.3, 0.4) is 0 Å². The zero-order valence-electron chi connectivity index (χ0n) is 7.75. The zero-order chi connectivity index (χ0) is 11.4. The molecule has 82 valence electrons. The van der Waals surface area contributed by atoms with Crippen molar-refractivity contribution in [2.24, 2.45) is 5.73 Å². The Morgan fingerprint density at radius 3 is 2.73 bits per heavy atom. The maximum absolute atomic E-state index is 10.6. The van der Waals surface area contributed by atoms with Crippen LogP contribution in [0.4, 0.5) is 0 Å².